The van der Waals surface area contributed by atoms with Gasteiger partial charge >= 0.3 is 0 Å². The highest BCUT2D eigenvalue weighted by Crippen LogP contribution is 2.37. The number of benzene rings is 2. The van der Waals surface area contributed by atoms with E-state index >= 15 is 0 Å². The van der Waals surface area contributed by atoms with Gasteiger partial charge in [0.1, 0.15) is 5.75 Å². The first-order valence-corrected chi connectivity index (χ1v) is 9.49. The van der Waals surface area contributed by atoms with Gasteiger partial charge in [-0.05, 0) is 72.9 Å². The molecule has 136 valence electrons. The van der Waals surface area contributed by atoms with E-state index in [4.69, 9.17) is 21.6 Å². The van der Waals surface area contributed by atoms with Gasteiger partial charge in [-0.1, -0.05) is 23.7 Å². The van der Waals surface area contributed by atoms with E-state index in [0.717, 1.165) is 31.1 Å². The zero-order valence-electron chi connectivity index (χ0n) is 14.7. The summed E-state index contributed by atoms with van der Waals surface area (Å²) in [5.74, 6) is 1.09. The highest BCUT2D eigenvalue weighted by Gasteiger charge is 2.24. The average molecular weight is 379 g/mol. The van der Waals surface area contributed by atoms with Crippen molar-refractivity contribution in [3.63, 3.8) is 0 Å². The Labute approximate surface area is 162 Å². The van der Waals surface area contributed by atoms with Gasteiger partial charge in [-0.3, -0.25) is 4.79 Å². The molecule has 4 nitrogen and oxygen atoms in total. The number of nitrogens with zero attached hydrogens (tertiary/aromatic N) is 1. The predicted molar refractivity (Wildman–Crippen MR) is 106 cm³/mol. The van der Waals surface area contributed by atoms with Crippen molar-refractivity contribution in [2.45, 2.75) is 37.7 Å². The molecule has 0 radical (unpaired) electrons. The van der Waals surface area contributed by atoms with Crippen LogP contribution in [0.5, 0.6) is 5.75 Å². The number of nitrogens with one attached hydrogen (secondary N) is 1. The van der Waals surface area contributed by atoms with Crippen LogP contribution in [0.25, 0.3) is 10.8 Å². The third kappa shape index (κ3) is 3.70. The number of H-pyrrole nitrogens is 1. The second-order valence-corrected chi connectivity index (χ2v) is 7.41. The minimum absolute atomic E-state index is 0.109. The van der Waals surface area contributed by atoms with Gasteiger partial charge in [-0.15, -0.1) is 0 Å². The molecular formula is C22H19ClN2O2. The molecule has 1 saturated carbocycles. The SMILES string of the molecule is N#Cc1cccc(C2CCC(Oc3cc4cc[nH]c(=O)c4cc3Cl)CC2)c1. The largest absolute Gasteiger partial charge is 0.489 e. The second kappa shape index (κ2) is 7.46. The summed E-state index contributed by atoms with van der Waals surface area (Å²) in [4.78, 5) is 14.5. The quantitative estimate of drug-likeness (QED) is 0.684. The lowest BCUT2D eigenvalue weighted by molar-refractivity contribution is 0.147. The summed E-state index contributed by atoms with van der Waals surface area (Å²) in [6.07, 6.45) is 5.64. The minimum atomic E-state index is -0.152. The van der Waals surface area contributed by atoms with E-state index in [9.17, 15) is 4.79 Å². The lowest BCUT2D eigenvalue weighted by Crippen LogP contribution is -2.23. The lowest BCUT2D eigenvalue weighted by atomic mass is 9.82. The summed E-state index contributed by atoms with van der Waals surface area (Å²) in [5, 5.41) is 10.9. The zero-order chi connectivity index (χ0) is 18.8. The van der Waals surface area contributed by atoms with Crippen LogP contribution in [0.15, 0.2) is 53.5 Å². The summed E-state index contributed by atoms with van der Waals surface area (Å²) in [7, 11) is 0. The molecule has 0 aliphatic heterocycles. The average Bonchev–Trinajstić information content (AvgIpc) is 2.70. The van der Waals surface area contributed by atoms with Gasteiger partial charge in [0.15, 0.2) is 0 Å². The molecule has 0 unspecified atom stereocenters. The number of fused-ring (bicyclic) bond motifs is 1. The van der Waals surface area contributed by atoms with Gasteiger partial charge in [0, 0.05) is 11.6 Å². The van der Waals surface area contributed by atoms with Crippen LogP contribution in [-0.2, 0) is 0 Å². The maximum Gasteiger partial charge on any atom is 0.255 e. The molecule has 1 heterocycles. The molecule has 0 bridgehead atoms. The van der Waals surface area contributed by atoms with Crippen LogP contribution < -0.4 is 10.3 Å². The Morgan fingerprint density at radius 3 is 2.70 bits per heavy atom. The van der Waals surface area contributed by atoms with E-state index in [1.807, 2.05) is 30.3 Å². The normalized spacial score (nSPS) is 19.6. The molecule has 1 fully saturated rings. The molecule has 0 saturated heterocycles. The van der Waals surface area contributed by atoms with E-state index in [0.29, 0.717) is 27.6 Å². The molecule has 4 rings (SSSR count). The Bertz CT molecular complexity index is 1080. The van der Waals surface area contributed by atoms with Crippen molar-refractivity contribution in [2.75, 3.05) is 0 Å². The van der Waals surface area contributed by atoms with Gasteiger partial charge in [-0.2, -0.15) is 5.26 Å². The molecule has 0 atom stereocenters. The van der Waals surface area contributed by atoms with Crippen LogP contribution in [0.3, 0.4) is 0 Å². The number of pyridine rings is 1. The molecule has 0 spiro atoms. The lowest BCUT2D eigenvalue weighted by Gasteiger charge is -2.29. The first-order valence-electron chi connectivity index (χ1n) is 9.11. The van der Waals surface area contributed by atoms with Gasteiger partial charge in [-0.25, -0.2) is 0 Å². The van der Waals surface area contributed by atoms with Crippen LogP contribution in [0.2, 0.25) is 5.02 Å². The summed E-state index contributed by atoms with van der Waals surface area (Å²) in [6, 6.07) is 15.4. The fraction of sp³-hybridized carbons (Fsp3) is 0.273. The van der Waals surface area contributed by atoms with E-state index in [2.05, 4.69) is 17.1 Å². The van der Waals surface area contributed by atoms with Gasteiger partial charge in [0.25, 0.3) is 5.56 Å². The summed E-state index contributed by atoms with van der Waals surface area (Å²) in [5.41, 5.74) is 1.79. The van der Waals surface area contributed by atoms with Crippen LogP contribution in [0, 0.1) is 11.3 Å². The third-order valence-electron chi connectivity index (χ3n) is 5.28. The summed E-state index contributed by atoms with van der Waals surface area (Å²) < 4.78 is 6.17. The first-order chi connectivity index (χ1) is 13.1. The maximum absolute atomic E-state index is 11.9. The van der Waals surface area contributed by atoms with Crippen molar-refractivity contribution in [2.24, 2.45) is 0 Å². The number of aromatic amines is 1. The Morgan fingerprint density at radius 1 is 1.11 bits per heavy atom. The van der Waals surface area contributed by atoms with E-state index in [1.165, 1.54) is 5.56 Å². The smallest absolute Gasteiger partial charge is 0.255 e. The van der Waals surface area contributed by atoms with Gasteiger partial charge in [0.2, 0.25) is 0 Å². The highest BCUT2D eigenvalue weighted by molar-refractivity contribution is 6.32. The molecule has 3 aromatic rings. The Hall–Kier alpha value is -2.77. The molecule has 1 N–H and O–H groups in total. The third-order valence-corrected chi connectivity index (χ3v) is 5.58. The van der Waals surface area contributed by atoms with Crippen LogP contribution >= 0.6 is 11.6 Å². The zero-order valence-corrected chi connectivity index (χ0v) is 15.5. The van der Waals surface area contributed by atoms with Crippen molar-refractivity contribution in [1.82, 2.24) is 4.98 Å². The van der Waals surface area contributed by atoms with E-state index < -0.39 is 0 Å². The molecule has 2 aromatic carbocycles. The molecule has 0 amide bonds. The Morgan fingerprint density at radius 2 is 1.93 bits per heavy atom. The topological polar surface area (TPSA) is 65.9 Å². The highest BCUT2D eigenvalue weighted by atomic mass is 35.5. The molecule has 1 aliphatic carbocycles. The van der Waals surface area contributed by atoms with Gasteiger partial charge < -0.3 is 9.72 Å². The second-order valence-electron chi connectivity index (χ2n) is 7.01. The molecule has 27 heavy (non-hydrogen) atoms. The molecule has 5 heteroatoms. The molecule has 1 aliphatic rings. The van der Waals surface area contributed by atoms with Gasteiger partial charge in [0.05, 0.1) is 22.8 Å². The number of halogens is 1. The van der Waals surface area contributed by atoms with Crippen LogP contribution in [0.1, 0.15) is 42.7 Å². The summed E-state index contributed by atoms with van der Waals surface area (Å²) >= 11 is 6.34. The molecular weight excluding hydrogens is 360 g/mol. The molecule has 1 aromatic heterocycles. The van der Waals surface area contributed by atoms with E-state index in [-0.39, 0.29) is 11.7 Å². The predicted octanol–water partition coefficient (Wildman–Crippen LogP) is 5.16. The van der Waals surface area contributed by atoms with Crippen molar-refractivity contribution >= 4 is 22.4 Å². The van der Waals surface area contributed by atoms with Crippen molar-refractivity contribution in [3.05, 3.63) is 75.2 Å². The summed E-state index contributed by atoms with van der Waals surface area (Å²) in [6.45, 7) is 0. The number of hydrogen-bond donors (Lipinski definition) is 1. The number of hydrogen-bond acceptors (Lipinski definition) is 3. The number of aromatic nitrogens is 1. The minimum Gasteiger partial charge on any atom is -0.489 e. The van der Waals surface area contributed by atoms with Crippen molar-refractivity contribution in [1.29, 1.82) is 5.26 Å². The number of nitriles is 1. The van der Waals surface area contributed by atoms with E-state index in [1.54, 1.807) is 12.3 Å². The fourth-order valence-corrected chi connectivity index (χ4v) is 4.04. The fourth-order valence-electron chi connectivity index (χ4n) is 3.83. The Balaban J connectivity index is 1.46. The standard InChI is InChI=1S/C22H19ClN2O2/c23-20-12-19-17(8-9-25-22(19)26)11-21(20)27-18-6-4-15(5-7-18)16-3-1-2-14(10-16)13-24/h1-3,8-12,15,18H,4-7H2,(H,25,26). The monoisotopic (exact) mass is 378 g/mol. The first kappa shape index (κ1) is 17.6. The van der Waals surface area contributed by atoms with Crippen molar-refractivity contribution in [3.8, 4) is 11.8 Å². The Kier molecular flexibility index (Phi) is 4.87. The number of rotatable bonds is 3. The van der Waals surface area contributed by atoms with Crippen LogP contribution in [0.4, 0.5) is 0 Å². The van der Waals surface area contributed by atoms with Crippen LogP contribution in [-0.4, -0.2) is 11.1 Å². The maximum atomic E-state index is 11.9. The van der Waals surface area contributed by atoms with Crippen molar-refractivity contribution < 1.29 is 4.74 Å². The number of ether oxygens (including phenoxy) is 1.